The lowest BCUT2D eigenvalue weighted by Gasteiger charge is -2.16. The molecule has 2 unspecified atom stereocenters. The number of rotatable bonds is 5. The van der Waals surface area contributed by atoms with E-state index in [9.17, 15) is 4.79 Å². The molecule has 0 aliphatic heterocycles. The molecular formula is C13H20BrN3O. The first-order valence-electron chi connectivity index (χ1n) is 6.22. The molecule has 1 amide bonds. The molecule has 1 aromatic rings. The van der Waals surface area contributed by atoms with Crippen LogP contribution in [0.2, 0.25) is 0 Å². The van der Waals surface area contributed by atoms with Gasteiger partial charge in [0.1, 0.15) is 0 Å². The van der Waals surface area contributed by atoms with Crippen LogP contribution in [0.5, 0.6) is 0 Å². The van der Waals surface area contributed by atoms with Crippen LogP contribution in [0.1, 0.15) is 48.9 Å². The van der Waals surface area contributed by atoms with Gasteiger partial charge in [-0.3, -0.25) is 4.79 Å². The summed E-state index contributed by atoms with van der Waals surface area (Å²) in [6.45, 7) is 7.88. The topological polar surface area (TPSA) is 54.9 Å². The third-order valence-electron chi connectivity index (χ3n) is 2.63. The van der Waals surface area contributed by atoms with E-state index in [4.69, 9.17) is 0 Å². The third-order valence-corrected chi connectivity index (χ3v) is 3.00. The van der Waals surface area contributed by atoms with Gasteiger partial charge in [-0.2, -0.15) is 10.2 Å². The summed E-state index contributed by atoms with van der Waals surface area (Å²) < 4.78 is 0. The highest BCUT2D eigenvalue weighted by Crippen LogP contribution is 2.10. The molecule has 1 rings (SSSR count). The summed E-state index contributed by atoms with van der Waals surface area (Å²) in [6, 6.07) is 1.93. The molecule has 0 radical (unpaired) electrons. The summed E-state index contributed by atoms with van der Waals surface area (Å²) in [5.74, 6) is -0.0644. The fraction of sp³-hybridized carbons (Fsp3) is 0.615. The molecule has 0 fully saturated rings. The van der Waals surface area contributed by atoms with E-state index >= 15 is 0 Å². The van der Waals surface area contributed by atoms with E-state index in [0.717, 1.165) is 17.8 Å². The second kappa shape index (κ2) is 6.83. The molecule has 0 aliphatic carbocycles. The van der Waals surface area contributed by atoms with E-state index in [2.05, 4.69) is 38.4 Å². The van der Waals surface area contributed by atoms with Gasteiger partial charge in [0, 0.05) is 10.9 Å². The summed E-state index contributed by atoms with van der Waals surface area (Å²) in [5.41, 5.74) is 2.15. The Morgan fingerprint density at radius 1 is 1.44 bits per heavy atom. The Balaban J connectivity index is 2.80. The van der Waals surface area contributed by atoms with Crippen molar-refractivity contribution in [3.63, 3.8) is 0 Å². The van der Waals surface area contributed by atoms with Crippen molar-refractivity contribution >= 4 is 21.8 Å². The zero-order valence-electron chi connectivity index (χ0n) is 11.3. The van der Waals surface area contributed by atoms with Crippen LogP contribution in [-0.4, -0.2) is 27.0 Å². The zero-order chi connectivity index (χ0) is 13.7. The summed E-state index contributed by atoms with van der Waals surface area (Å²) in [5, 5.41) is 11.0. The van der Waals surface area contributed by atoms with Crippen LogP contribution >= 0.6 is 15.9 Å². The predicted molar refractivity (Wildman–Crippen MR) is 76.1 cm³/mol. The first-order valence-corrected chi connectivity index (χ1v) is 7.13. The lowest BCUT2D eigenvalue weighted by molar-refractivity contribution is 0.0937. The van der Waals surface area contributed by atoms with E-state index in [0.29, 0.717) is 16.8 Å². The predicted octanol–water partition coefficient (Wildman–Crippen LogP) is 2.64. The van der Waals surface area contributed by atoms with E-state index in [-0.39, 0.29) is 11.9 Å². The van der Waals surface area contributed by atoms with E-state index < -0.39 is 0 Å². The van der Waals surface area contributed by atoms with Crippen LogP contribution in [0.4, 0.5) is 0 Å². The van der Waals surface area contributed by atoms with Crippen LogP contribution in [0.15, 0.2) is 6.07 Å². The number of hydrogen-bond acceptors (Lipinski definition) is 3. The smallest absolute Gasteiger partial charge is 0.253 e. The van der Waals surface area contributed by atoms with Crippen LogP contribution in [0, 0.1) is 6.92 Å². The minimum absolute atomic E-state index is 0.0644. The highest BCUT2D eigenvalue weighted by atomic mass is 79.9. The van der Waals surface area contributed by atoms with E-state index in [1.165, 1.54) is 0 Å². The lowest BCUT2D eigenvalue weighted by atomic mass is 10.1. The van der Waals surface area contributed by atoms with Crippen LogP contribution in [-0.2, 0) is 6.42 Å². The summed E-state index contributed by atoms with van der Waals surface area (Å²) >= 11 is 3.49. The first kappa shape index (κ1) is 15.1. The molecule has 0 saturated carbocycles. The molecule has 18 heavy (non-hydrogen) atoms. The third kappa shape index (κ3) is 4.37. The van der Waals surface area contributed by atoms with Crippen molar-refractivity contribution in [3.05, 3.63) is 23.0 Å². The van der Waals surface area contributed by atoms with E-state index in [1.54, 1.807) is 6.07 Å². The second-order valence-corrected chi connectivity index (χ2v) is 6.15. The number of aryl methyl sites for hydroxylation is 2. The van der Waals surface area contributed by atoms with Gasteiger partial charge >= 0.3 is 0 Å². The Morgan fingerprint density at radius 2 is 2.11 bits per heavy atom. The molecule has 100 valence electrons. The van der Waals surface area contributed by atoms with Gasteiger partial charge in [-0.05, 0) is 32.8 Å². The van der Waals surface area contributed by atoms with Gasteiger partial charge < -0.3 is 5.32 Å². The summed E-state index contributed by atoms with van der Waals surface area (Å²) in [6.07, 6.45) is 1.60. The molecule has 0 aliphatic rings. The van der Waals surface area contributed by atoms with Crippen molar-refractivity contribution < 1.29 is 4.79 Å². The van der Waals surface area contributed by atoms with Crippen molar-refractivity contribution in [2.24, 2.45) is 0 Å². The molecule has 0 aromatic carbocycles. The first-order chi connectivity index (χ1) is 8.43. The Bertz CT molecular complexity index is 421. The molecule has 0 saturated heterocycles. The standard InChI is InChI=1S/C13H20BrN3O/c1-5-12-11(7-10(4)16-17-12)13(18)15-9(3)6-8(2)14/h7-9H,5-6H2,1-4H3,(H,15,18). The minimum atomic E-state index is -0.0644. The largest absolute Gasteiger partial charge is 0.349 e. The van der Waals surface area contributed by atoms with Crippen molar-refractivity contribution in [1.82, 2.24) is 15.5 Å². The van der Waals surface area contributed by atoms with Crippen LogP contribution < -0.4 is 5.32 Å². The minimum Gasteiger partial charge on any atom is -0.349 e. The molecule has 1 aromatic heterocycles. The molecule has 1 heterocycles. The lowest BCUT2D eigenvalue weighted by Crippen LogP contribution is -2.34. The van der Waals surface area contributed by atoms with Gasteiger partial charge in [0.15, 0.2) is 0 Å². The molecular weight excluding hydrogens is 294 g/mol. The monoisotopic (exact) mass is 313 g/mol. The number of nitrogens with one attached hydrogen (secondary N) is 1. The van der Waals surface area contributed by atoms with Gasteiger partial charge in [0.05, 0.1) is 17.0 Å². The van der Waals surface area contributed by atoms with Crippen molar-refractivity contribution in [3.8, 4) is 0 Å². The van der Waals surface area contributed by atoms with Gasteiger partial charge in [0.25, 0.3) is 5.91 Å². The number of nitrogens with zero attached hydrogens (tertiary/aromatic N) is 2. The quantitative estimate of drug-likeness (QED) is 0.850. The Hall–Kier alpha value is -0.970. The zero-order valence-corrected chi connectivity index (χ0v) is 12.9. The second-order valence-electron chi connectivity index (χ2n) is 4.59. The SMILES string of the molecule is CCc1nnc(C)cc1C(=O)NC(C)CC(C)Br. The maximum absolute atomic E-state index is 12.2. The fourth-order valence-electron chi connectivity index (χ4n) is 1.82. The number of halogens is 1. The van der Waals surface area contributed by atoms with Crippen LogP contribution in [0.3, 0.4) is 0 Å². The Labute approximate surface area is 117 Å². The summed E-state index contributed by atoms with van der Waals surface area (Å²) in [7, 11) is 0. The van der Waals surface area contributed by atoms with Crippen molar-refractivity contribution in [2.75, 3.05) is 0 Å². The fourth-order valence-corrected chi connectivity index (χ4v) is 2.38. The molecule has 0 spiro atoms. The van der Waals surface area contributed by atoms with Gasteiger partial charge in [-0.25, -0.2) is 0 Å². The number of alkyl halides is 1. The molecule has 1 N–H and O–H groups in total. The average molecular weight is 314 g/mol. The number of carbonyl (C=O) groups excluding carboxylic acids is 1. The highest BCUT2D eigenvalue weighted by Gasteiger charge is 2.15. The van der Waals surface area contributed by atoms with E-state index in [1.807, 2.05) is 20.8 Å². The van der Waals surface area contributed by atoms with Crippen molar-refractivity contribution in [1.29, 1.82) is 0 Å². The molecule has 4 nitrogen and oxygen atoms in total. The Morgan fingerprint density at radius 3 is 2.67 bits per heavy atom. The Kier molecular flexibility index (Phi) is 5.72. The average Bonchev–Trinajstić information content (AvgIpc) is 2.27. The van der Waals surface area contributed by atoms with Crippen LogP contribution in [0.25, 0.3) is 0 Å². The molecule has 5 heteroatoms. The highest BCUT2D eigenvalue weighted by molar-refractivity contribution is 9.09. The number of amides is 1. The van der Waals surface area contributed by atoms with Gasteiger partial charge in [-0.15, -0.1) is 0 Å². The maximum Gasteiger partial charge on any atom is 0.253 e. The van der Waals surface area contributed by atoms with Crippen molar-refractivity contribution in [2.45, 2.75) is 51.4 Å². The van der Waals surface area contributed by atoms with Gasteiger partial charge in [-0.1, -0.05) is 29.8 Å². The molecule has 0 bridgehead atoms. The maximum atomic E-state index is 12.2. The van der Waals surface area contributed by atoms with Gasteiger partial charge in [0.2, 0.25) is 0 Å². The number of hydrogen-bond donors (Lipinski definition) is 1. The number of aromatic nitrogens is 2. The number of carbonyl (C=O) groups is 1. The molecule has 2 atom stereocenters. The summed E-state index contributed by atoms with van der Waals surface area (Å²) in [4.78, 5) is 12.6. The normalized spacial score (nSPS) is 14.1.